The van der Waals surface area contributed by atoms with Gasteiger partial charge in [0.05, 0.1) is 5.03 Å². The van der Waals surface area contributed by atoms with Gasteiger partial charge in [0.1, 0.15) is 5.67 Å². The molecule has 1 aliphatic carbocycles. The van der Waals surface area contributed by atoms with Crippen LogP contribution in [0.5, 0.6) is 0 Å². The fraction of sp³-hybridized carbons (Fsp3) is 0.286. The molecule has 1 rings (SSSR count). The molecule has 0 aromatic rings. The second-order valence-corrected chi connectivity index (χ2v) is 2.75. The van der Waals surface area contributed by atoms with Crippen LogP contribution in [0.3, 0.4) is 0 Å². The van der Waals surface area contributed by atoms with Crippen LogP contribution in [-0.4, -0.2) is 11.5 Å². The molecule has 0 bridgehead atoms. The lowest BCUT2D eigenvalue weighted by atomic mass is 10.0. The summed E-state index contributed by atoms with van der Waals surface area (Å²) in [4.78, 5) is 10.6. The van der Waals surface area contributed by atoms with Crippen molar-refractivity contribution in [1.82, 2.24) is 0 Å². The Labute approximate surface area is 63.2 Å². The summed E-state index contributed by atoms with van der Waals surface area (Å²) in [5.41, 5.74) is -1.56. The smallest absolute Gasteiger partial charge is 0.196 e. The van der Waals surface area contributed by atoms with E-state index in [1.165, 1.54) is 13.0 Å². The van der Waals surface area contributed by atoms with Crippen molar-refractivity contribution in [3.05, 3.63) is 23.3 Å². The van der Waals surface area contributed by atoms with Crippen LogP contribution in [0.15, 0.2) is 23.3 Å². The Kier molecular flexibility index (Phi) is 1.65. The molecule has 0 aromatic carbocycles. The average Bonchev–Trinajstić information content (AvgIpc) is 1.79. The Morgan fingerprint density at radius 1 is 1.70 bits per heavy atom. The molecular formula is C7H6ClFO. The van der Waals surface area contributed by atoms with E-state index in [9.17, 15) is 9.18 Å². The minimum absolute atomic E-state index is 0.0486. The highest BCUT2D eigenvalue weighted by Gasteiger charge is 2.22. The van der Waals surface area contributed by atoms with E-state index < -0.39 is 5.67 Å². The molecule has 0 aliphatic heterocycles. The first-order chi connectivity index (χ1) is 4.51. The Morgan fingerprint density at radius 3 is 2.70 bits per heavy atom. The first kappa shape index (κ1) is 7.48. The predicted octanol–water partition coefficient (Wildman–Crippen LogP) is 1.98. The Balaban J connectivity index is 2.95. The molecular weight excluding hydrogens is 155 g/mol. The van der Waals surface area contributed by atoms with E-state index >= 15 is 0 Å². The largest absolute Gasteiger partial charge is 0.288 e. The van der Waals surface area contributed by atoms with Crippen molar-refractivity contribution in [2.75, 3.05) is 0 Å². The highest BCUT2D eigenvalue weighted by atomic mass is 35.5. The van der Waals surface area contributed by atoms with E-state index in [4.69, 9.17) is 11.6 Å². The highest BCUT2D eigenvalue weighted by Crippen LogP contribution is 2.23. The summed E-state index contributed by atoms with van der Waals surface area (Å²) in [5, 5.41) is -0.0486. The van der Waals surface area contributed by atoms with E-state index in [0.29, 0.717) is 0 Å². The molecule has 1 aliphatic rings. The van der Waals surface area contributed by atoms with Crippen LogP contribution >= 0.6 is 11.6 Å². The molecule has 0 saturated carbocycles. The highest BCUT2D eigenvalue weighted by molar-refractivity contribution is 6.44. The number of ketones is 1. The Bertz CT molecular complexity index is 228. The average molecular weight is 161 g/mol. The van der Waals surface area contributed by atoms with Crippen LogP contribution in [0.1, 0.15) is 6.92 Å². The van der Waals surface area contributed by atoms with Gasteiger partial charge in [-0.15, -0.1) is 0 Å². The SMILES string of the molecule is C[C@]1(F)C=CC(=O)C(Cl)=C1. The fourth-order valence-electron chi connectivity index (χ4n) is 0.685. The van der Waals surface area contributed by atoms with Crippen molar-refractivity contribution in [3.8, 4) is 0 Å². The van der Waals surface area contributed by atoms with Crippen molar-refractivity contribution in [2.45, 2.75) is 12.6 Å². The maximum absolute atomic E-state index is 12.9. The van der Waals surface area contributed by atoms with Crippen molar-refractivity contribution in [2.24, 2.45) is 0 Å². The van der Waals surface area contributed by atoms with E-state index in [2.05, 4.69) is 0 Å². The summed E-state index contributed by atoms with van der Waals surface area (Å²) in [7, 11) is 0. The molecule has 0 aromatic heterocycles. The minimum atomic E-state index is -1.56. The predicted molar refractivity (Wildman–Crippen MR) is 37.6 cm³/mol. The van der Waals surface area contributed by atoms with Crippen molar-refractivity contribution < 1.29 is 9.18 Å². The molecule has 0 N–H and O–H groups in total. The zero-order valence-electron chi connectivity index (χ0n) is 5.40. The summed E-state index contributed by atoms with van der Waals surface area (Å²) in [5.74, 6) is -0.336. The number of hydrogen-bond acceptors (Lipinski definition) is 1. The zero-order valence-corrected chi connectivity index (χ0v) is 6.15. The number of carbonyl (C=O) groups is 1. The van der Waals surface area contributed by atoms with Gasteiger partial charge in [-0.05, 0) is 25.2 Å². The lowest BCUT2D eigenvalue weighted by Crippen LogP contribution is -2.16. The molecule has 0 amide bonds. The van der Waals surface area contributed by atoms with Crippen molar-refractivity contribution >= 4 is 17.4 Å². The van der Waals surface area contributed by atoms with Crippen LogP contribution in [0.4, 0.5) is 4.39 Å². The summed E-state index contributed by atoms with van der Waals surface area (Å²) >= 11 is 5.37. The van der Waals surface area contributed by atoms with Crippen molar-refractivity contribution in [3.63, 3.8) is 0 Å². The first-order valence-corrected chi connectivity index (χ1v) is 3.20. The van der Waals surface area contributed by atoms with E-state index in [0.717, 1.165) is 12.2 Å². The van der Waals surface area contributed by atoms with Gasteiger partial charge in [0.15, 0.2) is 5.78 Å². The number of hydrogen-bond donors (Lipinski definition) is 0. The van der Waals surface area contributed by atoms with Gasteiger partial charge in [0, 0.05) is 0 Å². The number of allylic oxidation sites excluding steroid dienone is 4. The molecule has 0 unspecified atom stereocenters. The standard InChI is InChI=1S/C7H6ClFO/c1-7(9)3-2-6(10)5(8)4-7/h2-4H,1H3/t7-/m0/s1. The monoisotopic (exact) mass is 160 g/mol. The van der Waals surface area contributed by atoms with Crippen LogP contribution < -0.4 is 0 Å². The van der Waals surface area contributed by atoms with E-state index in [-0.39, 0.29) is 10.8 Å². The molecule has 3 heteroatoms. The summed E-state index contributed by atoms with van der Waals surface area (Å²) in [6, 6.07) is 0. The van der Waals surface area contributed by atoms with Gasteiger partial charge in [-0.2, -0.15) is 0 Å². The van der Waals surface area contributed by atoms with Crippen LogP contribution in [0.25, 0.3) is 0 Å². The van der Waals surface area contributed by atoms with E-state index in [1.54, 1.807) is 0 Å². The normalized spacial score (nSPS) is 32.3. The molecule has 0 radical (unpaired) electrons. The van der Waals surface area contributed by atoms with Crippen LogP contribution in [0.2, 0.25) is 0 Å². The molecule has 1 nitrogen and oxygen atoms in total. The maximum atomic E-state index is 12.9. The fourth-order valence-corrected chi connectivity index (χ4v) is 0.962. The summed E-state index contributed by atoms with van der Waals surface area (Å²) in [6.45, 7) is 1.33. The number of alkyl halides is 1. The van der Waals surface area contributed by atoms with Gasteiger partial charge < -0.3 is 0 Å². The second-order valence-electron chi connectivity index (χ2n) is 2.34. The molecule has 0 saturated heterocycles. The quantitative estimate of drug-likeness (QED) is 0.530. The lowest BCUT2D eigenvalue weighted by molar-refractivity contribution is -0.111. The molecule has 54 valence electrons. The molecule has 1 atom stereocenters. The molecule has 0 heterocycles. The van der Waals surface area contributed by atoms with Gasteiger partial charge in [-0.25, -0.2) is 4.39 Å². The van der Waals surface area contributed by atoms with Gasteiger partial charge in [-0.1, -0.05) is 11.6 Å². The minimum Gasteiger partial charge on any atom is -0.288 e. The van der Waals surface area contributed by atoms with Gasteiger partial charge >= 0.3 is 0 Å². The summed E-state index contributed by atoms with van der Waals surface area (Å²) < 4.78 is 12.9. The van der Waals surface area contributed by atoms with Gasteiger partial charge in [0.25, 0.3) is 0 Å². The van der Waals surface area contributed by atoms with Gasteiger partial charge in [0.2, 0.25) is 0 Å². The first-order valence-electron chi connectivity index (χ1n) is 2.82. The number of halogens is 2. The maximum Gasteiger partial charge on any atom is 0.196 e. The van der Waals surface area contributed by atoms with Crippen LogP contribution in [-0.2, 0) is 4.79 Å². The van der Waals surface area contributed by atoms with Gasteiger partial charge in [-0.3, -0.25) is 4.79 Å². The third-order valence-corrected chi connectivity index (χ3v) is 1.50. The number of carbonyl (C=O) groups excluding carboxylic acids is 1. The summed E-state index contributed by atoms with van der Waals surface area (Å²) in [6.07, 6.45) is 3.42. The number of rotatable bonds is 0. The molecule has 0 fully saturated rings. The lowest BCUT2D eigenvalue weighted by Gasteiger charge is -2.13. The topological polar surface area (TPSA) is 17.1 Å². The molecule has 10 heavy (non-hydrogen) atoms. The zero-order chi connectivity index (χ0) is 7.78. The van der Waals surface area contributed by atoms with E-state index in [1.807, 2.05) is 0 Å². The Morgan fingerprint density at radius 2 is 2.30 bits per heavy atom. The second kappa shape index (κ2) is 2.20. The Hall–Kier alpha value is -0.630. The third-order valence-electron chi connectivity index (χ3n) is 1.20. The molecule has 0 spiro atoms. The van der Waals surface area contributed by atoms with Crippen LogP contribution in [0, 0.1) is 0 Å². The van der Waals surface area contributed by atoms with Crippen molar-refractivity contribution in [1.29, 1.82) is 0 Å². The third kappa shape index (κ3) is 1.45.